The van der Waals surface area contributed by atoms with Crippen LogP contribution in [-0.2, 0) is 6.61 Å². The van der Waals surface area contributed by atoms with Crippen molar-refractivity contribution in [1.29, 1.82) is 0 Å². The Morgan fingerprint density at radius 1 is 0.938 bits per heavy atom. The molecule has 0 amide bonds. The number of ether oxygens (including phenoxy) is 1. The van der Waals surface area contributed by atoms with E-state index >= 15 is 0 Å². The van der Waals surface area contributed by atoms with Crippen molar-refractivity contribution in [1.82, 2.24) is 0 Å². The van der Waals surface area contributed by atoms with Crippen LogP contribution in [0.4, 0.5) is 0 Å². The third-order valence-corrected chi connectivity index (χ3v) is 1.94. The van der Waals surface area contributed by atoms with Crippen molar-refractivity contribution in [2.45, 2.75) is 6.61 Å². The maximum atomic E-state index is 5.57. The molecule has 2 aromatic rings. The molecule has 0 fully saturated rings. The molecule has 0 saturated heterocycles. The third-order valence-electron chi connectivity index (χ3n) is 1.94. The Balaban J connectivity index is 0.00000112. The van der Waals surface area contributed by atoms with Gasteiger partial charge in [-0.2, -0.15) is 18.2 Å². The zero-order chi connectivity index (χ0) is 9.64. The van der Waals surface area contributed by atoms with Gasteiger partial charge in [-0.1, -0.05) is 30.3 Å². The monoisotopic (exact) mass is 334 g/mol. The molecule has 0 spiro atoms. The Hall–Kier alpha value is -0.264. The van der Waals surface area contributed by atoms with Gasteiger partial charge < -0.3 is 28.7 Å². The Labute approximate surface area is 129 Å². The van der Waals surface area contributed by atoms with Crippen LogP contribution in [0.2, 0.25) is 0 Å². The summed E-state index contributed by atoms with van der Waals surface area (Å²) >= 11 is 0. The van der Waals surface area contributed by atoms with Crippen molar-refractivity contribution in [2.75, 3.05) is 0 Å². The van der Waals surface area contributed by atoms with E-state index in [9.17, 15) is 0 Å². The van der Waals surface area contributed by atoms with Crippen molar-refractivity contribution in [3.63, 3.8) is 0 Å². The second kappa shape index (κ2) is 8.84. The predicted molar refractivity (Wildman–Crippen MR) is 61.8 cm³/mol. The van der Waals surface area contributed by atoms with Crippen LogP contribution in [-0.4, -0.2) is 23.1 Å². The molecule has 16 heavy (non-hydrogen) atoms. The van der Waals surface area contributed by atoms with Gasteiger partial charge in [0.2, 0.25) is 0 Å². The Morgan fingerprint density at radius 2 is 1.56 bits per heavy atom. The SMILES string of the molecule is [I-].[Mg+2].[c-]1ccc(OCc2ccccc2)cc1. The molecule has 0 N–H and O–H groups in total. The predicted octanol–water partition coefficient (Wildman–Crippen LogP) is -0.311. The van der Waals surface area contributed by atoms with Crippen molar-refractivity contribution >= 4 is 23.1 Å². The average molecular weight is 334 g/mol. The molecule has 0 heterocycles. The van der Waals surface area contributed by atoms with Crippen molar-refractivity contribution < 1.29 is 28.7 Å². The first-order valence-corrected chi connectivity index (χ1v) is 4.58. The first kappa shape index (κ1) is 15.7. The maximum absolute atomic E-state index is 5.57. The van der Waals surface area contributed by atoms with Crippen LogP contribution < -0.4 is 28.7 Å². The number of hydrogen-bond acceptors (Lipinski definition) is 1. The van der Waals surface area contributed by atoms with E-state index in [1.54, 1.807) is 0 Å². The van der Waals surface area contributed by atoms with Crippen LogP contribution in [0.15, 0.2) is 54.6 Å². The first-order chi connectivity index (χ1) is 6.95. The van der Waals surface area contributed by atoms with Crippen molar-refractivity contribution in [3.8, 4) is 5.75 Å². The van der Waals surface area contributed by atoms with Crippen LogP contribution >= 0.6 is 0 Å². The molecule has 78 valence electrons. The molecule has 0 radical (unpaired) electrons. The molecular weight excluding hydrogens is 323 g/mol. The fraction of sp³-hybridized carbons (Fsp3) is 0.0769. The van der Waals surface area contributed by atoms with E-state index in [0.29, 0.717) is 6.61 Å². The summed E-state index contributed by atoms with van der Waals surface area (Å²) in [6.45, 7) is 0.616. The van der Waals surface area contributed by atoms with Crippen molar-refractivity contribution in [2.24, 2.45) is 0 Å². The van der Waals surface area contributed by atoms with E-state index in [1.807, 2.05) is 42.5 Å². The maximum Gasteiger partial charge on any atom is 2.00 e. The van der Waals surface area contributed by atoms with Crippen LogP contribution in [0.3, 0.4) is 0 Å². The Morgan fingerprint density at radius 3 is 2.19 bits per heavy atom. The van der Waals surface area contributed by atoms with Gasteiger partial charge in [-0.25, -0.2) is 0 Å². The van der Waals surface area contributed by atoms with E-state index in [4.69, 9.17) is 4.74 Å². The Kier molecular flexibility index (Phi) is 8.69. The quantitative estimate of drug-likeness (QED) is 0.425. The van der Waals surface area contributed by atoms with Gasteiger partial charge in [0, 0.05) is 5.75 Å². The number of benzene rings is 2. The van der Waals surface area contributed by atoms with E-state index in [1.165, 1.54) is 5.56 Å². The number of hydrogen-bond donors (Lipinski definition) is 0. The zero-order valence-electron chi connectivity index (χ0n) is 8.90. The summed E-state index contributed by atoms with van der Waals surface area (Å²) in [5.74, 6) is 0.882. The smallest absolute Gasteiger partial charge is 1.00 e. The molecule has 3 heteroatoms. The summed E-state index contributed by atoms with van der Waals surface area (Å²) in [6.07, 6.45) is 0. The summed E-state index contributed by atoms with van der Waals surface area (Å²) < 4.78 is 5.57. The largest absolute Gasteiger partial charge is 2.00 e. The second-order valence-corrected chi connectivity index (χ2v) is 3.01. The molecule has 0 saturated carbocycles. The van der Waals surface area contributed by atoms with Gasteiger partial charge in [0.1, 0.15) is 6.61 Å². The second-order valence-electron chi connectivity index (χ2n) is 3.01. The average Bonchev–Trinajstić information content (AvgIpc) is 2.29. The molecule has 0 atom stereocenters. The van der Waals surface area contributed by atoms with E-state index in [0.717, 1.165) is 5.75 Å². The van der Waals surface area contributed by atoms with E-state index in [2.05, 4.69) is 18.2 Å². The minimum Gasteiger partial charge on any atom is -1.00 e. The van der Waals surface area contributed by atoms with E-state index in [-0.39, 0.29) is 47.0 Å². The van der Waals surface area contributed by atoms with Gasteiger partial charge in [-0.3, -0.25) is 0 Å². The van der Waals surface area contributed by atoms with Crippen LogP contribution in [0.25, 0.3) is 0 Å². The van der Waals surface area contributed by atoms with Crippen LogP contribution in [0, 0.1) is 6.07 Å². The first-order valence-electron chi connectivity index (χ1n) is 4.58. The molecule has 0 unspecified atom stereocenters. The number of rotatable bonds is 3. The topological polar surface area (TPSA) is 9.23 Å². The molecule has 2 rings (SSSR count). The summed E-state index contributed by atoms with van der Waals surface area (Å²) in [5.41, 5.74) is 1.18. The summed E-state index contributed by atoms with van der Waals surface area (Å²) in [6, 6.07) is 20.6. The molecular formula is C13H11IMgO. The minimum atomic E-state index is 0. The minimum absolute atomic E-state index is 0. The van der Waals surface area contributed by atoms with Crippen molar-refractivity contribution in [3.05, 3.63) is 66.2 Å². The fourth-order valence-electron chi connectivity index (χ4n) is 1.21. The van der Waals surface area contributed by atoms with Gasteiger partial charge in [-0.15, -0.1) is 12.1 Å². The van der Waals surface area contributed by atoms with Crippen LogP contribution in [0.5, 0.6) is 5.75 Å². The van der Waals surface area contributed by atoms with Gasteiger partial charge in [-0.05, 0) is 5.56 Å². The van der Waals surface area contributed by atoms with Gasteiger partial charge in [0.05, 0.1) is 0 Å². The fourth-order valence-corrected chi connectivity index (χ4v) is 1.21. The molecule has 0 aliphatic rings. The van der Waals surface area contributed by atoms with Crippen LogP contribution in [0.1, 0.15) is 5.56 Å². The molecule has 1 nitrogen and oxygen atoms in total. The molecule has 2 aromatic carbocycles. The summed E-state index contributed by atoms with van der Waals surface area (Å²) in [4.78, 5) is 0. The standard InChI is InChI=1S/C13H11O.HI.Mg/c1-3-7-12(8-4-1)11-14-13-9-5-2-6-10-13;;/h1,3-10H,11H2;1H;/q-1;;+2/p-1. The molecule has 0 aliphatic carbocycles. The molecule has 0 aliphatic heterocycles. The summed E-state index contributed by atoms with van der Waals surface area (Å²) in [5, 5.41) is 0. The Bertz CT molecular complexity index is 338. The van der Waals surface area contributed by atoms with E-state index < -0.39 is 0 Å². The number of halogens is 1. The molecule has 0 bridgehead atoms. The molecule has 0 aromatic heterocycles. The van der Waals surface area contributed by atoms with Gasteiger partial charge in [0.15, 0.2) is 0 Å². The normalized spacial score (nSPS) is 8.50. The zero-order valence-corrected chi connectivity index (χ0v) is 12.5. The summed E-state index contributed by atoms with van der Waals surface area (Å²) in [7, 11) is 0. The third kappa shape index (κ3) is 5.18. The van der Waals surface area contributed by atoms with Gasteiger partial charge in [0.25, 0.3) is 0 Å². The van der Waals surface area contributed by atoms with Gasteiger partial charge >= 0.3 is 23.1 Å².